The lowest BCUT2D eigenvalue weighted by molar-refractivity contribution is -0.341. The molecule has 0 spiro atoms. The first-order chi connectivity index (χ1) is 10.4. The highest BCUT2D eigenvalue weighted by molar-refractivity contribution is 4.97. The minimum Gasteiger partial charge on any atom is -0.394 e. The van der Waals surface area contributed by atoms with Crippen LogP contribution < -0.4 is 0 Å². The number of aliphatic hydroxyl groups excluding tert-OH is 6. The second-order valence-corrected chi connectivity index (χ2v) is 5.65. The van der Waals surface area contributed by atoms with Gasteiger partial charge in [-0.15, -0.1) is 0 Å². The zero-order valence-electron chi connectivity index (χ0n) is 11.5. The maximum absolute atomic E-state index is 10.1. The van der Waals surface area contributed by atoms with Crippen LogP contribution in [0.25, 0.3) is 0 Å². The van der Waals surface area contributed by atoms with Gasteiger partial charge in [-0.2, -0.15) is 0 Å². The van der Waals surface area contributed by atoms with E-state index in [4.69, 9.17) is 24.1 Å². The molecule has 0 aromatic carbocycles. The standard InChI is InChI=1S/C12H20O10/c13-1-3-5(14)10(7(16)11(18)20-3)22-12-8(17)9-6(15)4(21-12)2-19-9/h3-18H,1-2H2/t3-,4-,5+,6+,7-,8-,9+,10+,11?,12-/m1/s1. The first-order valence-electron chi connectivity index (χ1n) is 7.03. The molecule has 3 saturated heterocycles. The smallest absolute Gasteiger partial charge is 0.187 e. The number of fused-ring (bicyclic) bond motifs is 2. The van der Waals surface area contributed by atoms with Gasteiger partial charge in [0.2, 0.25) is 0 Å². The molecule has 0 aromatic heterocycles. The molecule has 0 aliphatic carbocycles. The van der Waals surface area contributed by atoms with Crippen molar-refractivity contribution in [1.82, 2.24) is 0 Å². The van der Waals surface area contributed by atoms with Crippen LogP contribution >= 0.6 is 0 Å². The number of ether oxygens (including phenoxy) is 4. The zero-order valence-corrected chi connectivity index (χ0v) is 11.5. The highest BCUT2D eigenvalue weighted by atomic mass is 16.7. The molecule has 128 valence electrons. The van der Waals surface area contributed by atoms with Crippen LogP contribution in [0.4, 0.5) is 0 Å². The topological polar surface area (TPSA) is 158 Å². The summed E-state index contributed by atoms with van der Waals surface area (Å²) < 4.78 is 20.8. The van der Waals surface area contributed by atoms with E-state index in [0.29, 0.717) is 0 Å². The summed E-state index contributed by atoms with van der Waals surface area (Å²) in [5.74, 6) is 0. The van der Waals surface area contributed by atoms with Gasteiger partial charge < -0.3 is 49.6 Å². The van der Waals surface area contributed by atoms with Gasteiger partial charge >= 0.3 is 0 Å². The Bertz CT molecular complexity index is 394. The van der Waals surface area contributed by atoms with Crippen molar-refractivity contribution in [1.29, 1.82) is 0 Å². The fourth-order valence-corrected chi connectivity index (χ4v) is 2.94. The van der Waals surface area contributed by atoms with E-state index in [1.54, 1.807) is 0 Å². The summed E-state index contributed by atoms with van der Waals surface area (Å²) >= 11 is 0. The van der Waals surface area contributed by atoms with Crippen molar-refractivity contribution < 1.29 is 49.6 Å². The normalized spacial score (nSPS) is 55.4. The average Bonchev–Trinajstić information content (AvgIpc) is 2.76. The minimum atomic E-state index is -1.66. The molecular formula is C12H20O10. The SMILES string of the molecule is OC[C@H]1OC(O)[C@H](O)[C@@H](O[C@H]2O[C@@H]3CO[C@@H]([C@H]3O)[C@H]2O)[C@H]1O. The van der Waals surface area contributed by atoms with E-state index < -0.39 is 68.0 Å². The van der Waals surface area contributed by atoms with Gasteiger partial charge in [0, 0.05) is 0 Å². The van der Waals surface area contributed by atoms with E-state index in [0.717, 1.165) is 0 Å². The molecule has 0 amide bonds. The van der Waals surface area contributed by atoms with Crippen molar-refractivity contribution >= 4 is 0 Å². The second-order valence-electron chi connectivity index (χ2n) is 5.65. The molecule has 10 nitrogen and oxygen atoms in total. The van der Waals surface area contributed by atoms with Gasteiger partial charge in [0.15, 0.2) is 12.6 Å². The van der Waals surface area contributed by atoms with Crippen LogP contribution in [0.1, 0.15) is 0 Å². The maximum Gasteiger partial charge on any atom is 0.187 e. The fourth-order valence-electron chi connectivity index (χ4n) is 2.94. The van der Waals surface area contributed by atoms with E-state index >= 15 is 0 Å². The molecule has 6 N–H and O–H groups in total. The van der Waals surface area contributed by atoms with Crippen molar-refractivity contribution in [3.05, 3.63) is 0 Å². The number of aliphatic hydroxyl groups is 6. The van der Waals surface area contributed by atoms with Gasteiger partial charge in [-0.05, 0) is 0 Å². The van der Waals surface area contributed by atoms with Gasteiger partial charge in [0.25, 0.3) is 0 Å². The predicted octanol–water partition coefficient (Wildman–Crippen LogP) is -4.35. The van der Waals surface area contributed by atoms with Crippen LogP contribution in [0.2, 0.25) is 0 Å². The van der Waals surface area contributed by atoms with Crippen LogP contribution in [-0.4, -0.2) is 105 Å². The Kier molecular flexibility index (Phi) is 4.67. The molecule has 0 aromatic rings. The minimum absolute atomic E-state index is 0.0868. The first kappa shape index (κ1) is 16.5. The molecule has 3 heterocycles. The molecule has 3 rings (SSSR count). The van der Waals surface area contributed by atoms with E-state index in [2.05, 4.69) is 0 Å². The monoisotopic (exact) mass is 324 g/mol. The Hall–Kier alpha value is -0.400. The molecule has 10 heteroatoms. The highest BCUT2D eigenvalue weighted by Crippen LogP contribution is 2.32. The van der Waals surface area contributed by atoms with Gasteiger partial charge in [-0.3, -0.25) is 0 Å². The summed E-state index contributed by atoms with van der Waals surface area (Å²) in [4.78, 5) is 0. The van der Waals surface area contributed by atoms with Gasteiger partial charge in [-0.1, -0.05) is 0 Å². The molecule has 0 saturated carbocycles. The van der Waals surface area contributed by atoms with Crippen molar-refractivity contribution in [2.75, 3.05) is 13.2 Å². The zero-order chi connectivity index (χ0) is 16.0. The van der Waals surface area contributed by atoms with Crippen LogP contribution in [0, 0.1) is 0 Å². The van der Waals surface area contributed by atoms with Crippen LogP contribution in [0.3, 0.4) is 0 Å². The maximum atomic E-state index is 10.1. The number of rotatable bonds is 3. The number of hydrogen-bond acceptors (Lipinski definition) is 10. The molecule has 10 atom stereocenters. The van der Waals surface area contributed by atoms with Crippen molar-refractivity contribution in [2.24, 2.45) is 0 Å². The van der Waals surface area contributed by atoms with E-state index in [9.17, 15) is 25.5 Å². The predicted molar refractivity (Wildman–Crippen MR) is 65.3 cm³/mol. The van der Waals surface area contributed by atoms with Crippen LogP contribution in [-0.2, 0) is 18.9 Å². The first-order valence-corrected chi connectivity index (χ1v) is 7.03. The van der Waals surface area contributed by atoms with Crippen molar-refractivity contribution in [3.63, 3.8) is 0 Å². The summed E-state index contributed by atoms with van der Waals surface area (Å²) in [5, 5.41) is 58.4. The Morgan fingerprint density at radius 3 is 2.32 bits per heavy atom. The van der Waals surface area contributed by atoms with Crippen molar-refractivity contribution in [3.8, 4) is 0 Å². The summed E-state index contributed by atoms with van der Waals surface area (Å²) in [5.41, 5.74) is 0. The molecule has 1 unspecified atom stereocenters. The summed E-state index contributed by atoms with van der Waals surface area (Å²) in [6, 6.07) is 0. The van der Waals surface area contributed by atoms with E-state index in [-0.39, 0.29) is 6.61 Å². The third kappa shape index (κ3) is 2.65. The Labute approximate surface area is 125 Å². The van der Waals surface area contributed by atoms with E-state index in [1.165, 1.54) is 0 Å². The van der Waals surface area contributed by atoms with Crippen LogP contribution in [0.15, 0.2) is 0 Å². The van der Waals surface area contributed by atoms with Gasteiger partial charge in [-0.25, -0.2) is 0 Å². The Morgan fingerprint density at radius 1 is 0.909 bits per heavy atom. The Morgan fingerprint density at radius 2 is 1.64 bits per heavy atom. The van der Waals surface area contributed by atoms with Gasteiger partial charge in [0.05, 0.1) is 13.2 Å². The molecule has 2 bridgehead atoms. The molecule has 3 aliphatic heterocycles. The second kappa shape index (κ2) is 6.24. The molecule has 3 aliphatic rings. The van der Waals surface area contributed by atoms with Crippen molar-refractivity contribution in [2.45, 2.75) is 61.4 Å². The third-order valence-electron chi connectivity index (χ3n) is 4.23. The molecule has 22 heavy (non-hydrogen) atoms. The fraction of sp³-hybridized carbons (Fsp3) is 1.00. The van der Waals surface area contributed by atoms with Gasteiger partial charge in [0.1, 0.15) is 48.8 Å². The molecule has 0 radical (unpaired) electrons. The summed E-state index contributed by atoms with van der Waals surface area (Å²) in [6.07, 6.45) is -12.4. The molecule has 3 fully saturated rings. The van der Waals surface area contributed by atoms with Crippen LogP contribution in [0.5, 0.6) is 0 Å². The third-order valence-corrected chi connectivity index (χ3v) is 4.23. The van der Waals surface area contributed by atoms with E-state index in [1.807, 2.05) is 0 Å². The summed E-state index contributed by atoms with van der Waals surface area (Å²) in [6.45, 7) is -0.504. The average molecular weight is 324 g/mol. The largest absolute Gasteiger partial charge is 0.394 e. The highest BCUT2D eigenvalue weighted by Gasteiger charge is 2.53. The number of hydrogen-bond donors (Lipinski definition) is 6. The quantitative estimate of drug-likeness (QED) is 0.299. The summed E-state index contributed by atoms with van der Waals surface area (Å²) in [7, 11) is 0. The Balaban J connectivity index is 1.71. The lowest BCUT2D eigenvalue weighted by Gasteiger charge is -2.43. The lowest BCUT2D eigenvalue weighted by atomic mass is 9.98. The molecular weight excluding hydrogens is 304 g/mol. The lowest BCUT2D eigenvalue weighted by Crippen LogP contribution is -2.63.